The maximum absolute atomic E-state index is 12.9. The van der Waals surface area contributed by atoms with Crippen molar-refractivity contribution in [3.05, 3.63) is 70.6 Å². The van der Waals surface area contributed by atoms with E-state index in [-0.39, 0.29) is 0 Å². The van der Waals surface area contributed by atoms with E-state index in [9.17, 15) is 8.42 Å². The molecule has 8 heteroatoms. The van der Waals surface area contributed by atoms with Crippen LogP contribution < -0.4 is 4.90 Å². The smallest absolute Gasteiger partial charge is 0.243 e. The lowest BCUT2D eigenvalue weighted by molar-refractivity contribution is 0.384. The summed E-state index contributed by atoms with van der Waals surface area (Å²) >= 11 is 2.17. The Bertz CT molecular complexity index is 1050. The first-order valence-corrected chi connectivity index (χ1v) is 11.4. The minimum atomic E-state index is -3.46. The molecular weight excluding hydrogens is 487 g/mol. The van der Waals surface area contributed by atoms with Gasteiger partial charge in [0.05, 0.1) is 10.6 Å². The van der Waals surface area contributed by atoms with Crippen LogP contribution in [0.25, 0.3) is 11.3 Å². The Labute approximate surface area is 178 Å². The van der Waals surface area contributed by atoms with Crippen LogP contribution in [-0.4, -0.2) is 48.9 Å². The molecule has 0 spiro atoms. The Morgan fingerprint density at radius 1 is 0.857 bits per heavy atom. The summed E-state index contributed by atoms with van der Waals surface area (Å²) in [5.74, 6) is 0.820. The monoisotopic (exact) mass is 506 g/mol. The van der Waals surface area contributed by atoms with E-state index in [2.05, 4.69) is 37.5 Å². The maximum atomic E-state index is 12.9. The largest absolute Gasteiger partial charge is 0.354 e. The van der Waals surface area contributed by atoms with Gasteiger partial charge in [-0.15, -0.1) is 0 Å². The number of anilines is 1. The summed E-state index contributed by atoms with van der Waals surface area (Å²) in [5.41, 5.74) is 1.89. The highest BCUT2D eigenvalue weighted by Crippen LogP contribution is 2.23. The number of sulfonamides is 1. The van der Waals surface area contributed by atoms with Crippen molar-refractivity contribution in [3.63, 3.8) is 0 Å². The molecule has 144 valence electrons. The van der Waals surface area contributed by atoms with Gasteiger partial charge in [-0.05, 0) is 46.9 Å². The average Bonchev–Trinajstić information content (AvgIpc) is 2.75. The molecule has 1 saturated heterocycles. The lowest BCUT2D eigenvalue weighted by atomic mass is 10.1. The minimum absolute atomic E-state index is 0.342. The van der Waals surface area contributed by atoms with Gasteiger partial charge in [-0.25, -0.2) is 18.4 Å². The molecular formula is C20H19IN4O2S. The number of hydrogen-bond donors (Lipinski definition) is 0. The van der Waals surface area contributed by atoms with Gasteiger partial charge in [-0.3, -0.25) is 0 Å². The Hall–Kier alpha value is -2.04. The van der Waals surface area contributed by atoms with Gasteiger partial charge in [0, 0.05) is 41.4 Å². The molecule has 1 aliphatic heterocycles. The molecule has 0 atom stereocenters. The van der Waals surface area contributed by atoms with Crippen molar-refractivity contribution in [2.45, 2.75) is 4.90 Å². The van der Waals surface area contributed by atoms with Crippen molar-refractivity contribution in [3.8, 4) is 11.3 Å². The quantitative estimate of drug-likeness (QED) is 0.509. The highest BCUT2D eigenvalue weighted by molar-refractivity contribution is 14.1. The Morgan fingerprint density at radius 2 is 1.54 bits per heavy atom. The summed E-state index contributed by atoms with van der Waals surface area (Å²) in [7, 11) is -3.46. The van der Waals surface area contributed by atoms with Crippen LogP contribution >= 0.6 is 22.6 Å². The molecule has 4 rings (SSSR count). The molecule has 1 aromatic heterocycles. The third-order valence-corrected chi connectivity index (χ3v) is 7.37. The molecule has 0 bridgehead atoms. The third kappa shape index (κ3) is 4.03. The Balaban J connectivity index is 1.48. The molecule has 1 fully saturated rings. The SMILES string of the molecule is O=S(=O)(c1ccc(I)cc1)N1CCN(c2cc(-c3ccccc3)ncn2)CC1. The van der Waals surface area contributed by atoms with Gasteiger partial charge in [0.15, 0.2) is 0 Å². The minimum Gasteiger partial charge on any atom is -0.354 e. The Kier molecular flexibility index (Phi) is 5.61. The van der Waals surface area contributed by atoms with Gasteiger partial charge < -0.3 is 4.90 Å². The lowest BCUT2D eigenvalue weighted by Gasteiger charge is -2.34. The molecule has 0 radical (unpaired) electrons. The number of nitrogens with zero attached hydrogens (tertiary/aromatic N) is 4. The molecule has 6 nitrogen and oxygen atoms in total. The van der Waals surface area contributed by atoms with Gasteiger partial charge >= 0.3 is 0 Å². The summed E-state index contributed by atoms with van der Waals surface area (Å²) in [6, 6.07) is 18.9. The maximum Gasteiger partial charge on any atom is 0.243 e. The molecule has 2 heterocycles. The molecule has 3 aromatic rings. The number of rotatable bonds is 4. The van der Waals surface area contributed by atoms with Crippen molar-refractivity contribution in [2.75, 3.05) is 31.1 Å². The van der Waals surface area contributed by atoms with E-state index >= 15 is 0 Å². The fourth-order valence-electron chi connectivity index (χ4n) is 3.20. The first kappa shape index (κ1) is 19.3. The van der Waals surface area contributed by atoms with Crippen molar-refractivity contribution in [1.82, 2.24) is 14.3 Å². The molecule has 0 aliphatic carbocycles. The molecule has 2 aromatic carbocycles. The zero-order valence-corrected chi connectivity index (χ0v) is 18.0. The van der Waals surface area contributed by atoms with Gasteiger partial charge in [-0.1, -0.05) is 30.3 Å². The number of hydrogen-bond acceptors (Lipinski definition) is 5. The average molecular weight is 506 g/mol. The van der Waals surface area contributed by atoms with E-state index in [1.165, 1.54) is 0 Å². The van der Waals surface area contributed by atoms with E-state index in [1.807, 2.05) is 48.5 Å². The first-order chi connectivity index (χ1) is 13.5. The highest BCUT2D eigenvalue weighted by atomic mass is 127. The second-order valence-corrected chi connectivity index (χ2v) is 9.66. The third-order valence-electron chi connectivity index (χ3n) is 4.74. The zero-order chi connectivity index (χ0) is 19.6. The second-order valence-electron chi connectivity index (χ2n) is 6.47. The van der Waals surface area contributed by atoms with Crippen LogP contribution in [0.4, 0.5) is 5.82 Å². The van der Waals surface area contributed by atoms with E-state index in [0.717, 1.165) is 20.6 Å². The summed E-state index contributed by atoms with van der Waals surface area (Å²) < 4.78 is 28.3. The second kappa shape index (κ2) is 8.14. The van der Waals surface area contributed by atoms with Crippen LogP contribution in [0.15, 0.2) is 71.9 Å². The van der Waals surface area contributed by atoms with Gasteiger partial charge in [0.1, 0.15) is 12.1 Å². The summed E-state index contributed by atoms with van der Waals surface area (Å²) in [6.07, 6.45) is 1.56. The van der Waals surface area contributed by atoms with E-state index < -0.39 is 10.0 Å². The van der Waals surface area contributed by atoms with E-state index in [4.69, 9.17) is 0 Å². The number of benzene rings is 2. The summed E-state index contributed by atoms with van der Waals surface area (Å²) in [6.45, 7) is 2.04. The molecule has 1 aliphatic rings. The van der Waals surface area contributed by atoms with Crippen molar-refractivity contribution in [2.24, 2.45) is 0 Å². The normalized spacial score (nSPS) is 15.5. The lowest BCUT2D eigenvalue weighted by Crippen LogP contribution is -2.48. The topological polar surface area (TPSA) is 66.4 Å². The standard InChI is InChI=1S/C20H19IN4O2S/c21-17-6-8-18(9-7-17)28(26,27)25-12-10-24(11-13-25)20-14-19(22-15-23-20)16-4-2-1-3-5-16/h1-9,14-15H,10-13H2. The van der Waals surface area contributed by atoms with Crippen LogP contribution in [0.3, 0.4) is 0 Å². The van der Waals surface area contributed by atoms with Crippen molar-refractivity contribution < 1.29 is 8.42 Å². The number of piperazine rings is 1. The first-order valence-electron chi connectivity index (χ1n) is 8.92. The van der Waals surface area contributed by atoms with Crippen LogP contribution in [0, 0.1) is 3.57 Å². The van der Waals surface area contributed by atoms with Crippen LogP contribution in [-0.2, 0) is 10.0 Å². The Morgan fingerprint density at radius 3 is 2.21 bits per heavy atom. The van der Waals surface area contributed by atoms with Gasteiger partial charge in [0.2, 0.25) is 10.0 Å². The van der Waals surface area contributed by atoms with Crippen molar-refractivity contribution in [1.29, 1.82) is 0 Å². The predicted molar refractivity (Wildman–Crippen MR) is 118 cm³/mol. The van der Waals surface area contributed by atoms with Crippen LogP contribution in [0.5, 0.6) is 0 Å². The van der Waals surface area contributed by atoms with Crippen molar-refractivity contribution >= 4 is 38.4 Å². The predicted octanol–water partition coefficient (Wildman–Crippen LogP) is 3.26. The fraction of sp³-hybridized carbons (Fsp3) is 0.200. The molecule has 0 amide bonds. The zero-order valence-electron chi connectivity index (χ0n) is 15.1. The summed E-state index contributed by atoms with van der Waals surface area (Å²) in [4.78, 5) is 11.2. The fourth-order valence-corrected chi connectivity index (χ4v) is 4.98. The van der Waals surface area contributed by atoms with Gasteiger partial charge in [0.25, 0.3) is 0 Å². The summed E-state index contributed by atoms with van der Waals surface area (Å²) in [5, 5.41) is 0. The molecule has 0 saturated carbocycles. The molecule has 0 N–H and O–H groups in total. The van der Waals surface area contributed by atoms with Gasteiger partial charge in [-0.2, -0.15) is 4.31 Å². The highest BCUT2D eigenvalue weighted by Gasteiger charge is 2.29. The molecule has 0 unspecified atom stereocenters. The van der Waals surface area contributed by atoms with E-state index in [1.54, 1.807) is 22.8 Å². The number of aromatic nitrogens is 2. The van der Waals surface area contributed by atoms with Crippen LogP contribution in [0.1, 0.15) is 0 Å². The van der Waals surface area contributed by atoms with E-state index in [0.29, 0.717) is 31.1 Å². The van der Waals surface area contributed by atoms with Crippen LogP contribution in [0.2, 0.25) is 0 Å². The molecule has 28 heavy (non-hydrogen) atoms. The number of halogens is 1.